The predicted molar refractivity (Wildman–Crippen MR) is 77.8 cm³/mol. The summed E-state index contributed by atoms with van der Waals surface area (Å²) in [6, 6.07) is 9.61. The molecule has 0 aromatic heterocycles. The average molecular weight is 280 g/mol. The molecule has 0 aliphatic heterocycles. The number of rotatable bonds is 9. The lowest BCUT2D eigenvalue weighted by molar-refractivity contribution is -0.149. The smallest absolute Gasteiger partial charge is 0.308 e. The van der Waals surface area contributed by atoms with Crippen molar-refractivity contribution in [2.75, 3.05) is 19.8 Å². The largest absolute Gasteiger partial charge is 0.488 e. The van der Waals surface area contributed by atoms with Crippen LogP contribution in [0.2, 0.25) is 0 Å². The van der Waals surface area contributed by atoms with Crippen LogP contribution in [0.1, 0.15) is 27.2 Å². The third-order valence-corrected chi connectivity index (χ3v) is 2.92. The predicted octanol–water partition coefficient (Wildman–Crippen LogP) is 3.06. The molecule has 0 saturated heterocycles. The lowest BCUT2D eigenvalue weighted by atomic mass is 10.1. The van der Waals surface area contributed by atoms with Gasteiger partial charge in [-0.1, -0.05) is 32.0 Å². The van der Waals surface area contributed by atoms with Crippen molar-refractivity contribution in [3.8, 4) is 5.75 Å². The average Bonchev–Trinajstić information content (AvgIpc) is 2.46. The minimum absolute atomic E-state index is 0.0392. The number of benzene rings is 1. The van der Waals surface area contributed by atoms with E-state index >= 15 is 0 Å². The fraction of sp³-hybridized carbons (Fsp3) is 0.562. The number of ether oxygens (including phenoxy) is 3. The lowest BCUT2D eigenvalue weighted by Gasteiger charge is -2.15. The second-order valence-corrected chi connectivity index (χ2v) is 4.79. The summed E-state index contributed by atoms with van der Waals surface area (Å²) in [5.41, 5.74) is 0. The number of esters is 1. The van der Waals surface area contributed by atoms with E-state index in [2.05, 4.69) is 0 Å². The Morgan fingerprint density at radius 1 is 1.15 bits per heavy atom. The van der Waals surface area contributed by atoms with Crippen LogP contribution in [0.5, 0.6) is 5.75 Å². The van der Waals surface area contributed by atoms with Gasteiger partial charge in [0, 0.05) is 0 Å². The summed E-state index contributed by atoms with van der Waals surface area (Å²) in [7, 11) is 0. The second kappa shape index (κ2) is 9.37. The quantitative estimate of drug-likeness (QED) is 0.515. The highest BCUT2D eigenvalue weighted by Crippen LogP contribution is 2.10. The molecule has 4 heteroatoms. The zero-order valence-corrected chi connectivity index (χ0v) is 12.5. The van der Waals surface area contributed by atoms with Gasteiger partial charge in [0.2, 0.25) is 0 Å². The van der Waals surface area contributed by atoms with Crippen molar-refractivity contribution in [1.29, 1.82) is 0 Å². The maximum absolute atomic E-state index is 11.4. The minimum atomic E-state index is -0.162. The molecule has 0 radical (unpaired) electrons. The van der Waals surface area contributed by atoms with Gasteiger partial charge >= 0.3 is 5.97 Å². The van der Waals surface area contributed by atoms with Gasteiger partial charge in [0.05, 0.1) is 19.1 Å². The summed E-state index contributed by atoms with van der Waals surface area (Å²) in [5, 5.41) is 0. The van der Waals surface area contributed by atoms with E-state index in [-0.39, 0.29) is 18.0 Å². The summed E-state index contributed by atoms with van der Waals surface area (Å²) < 4.78 is 16.2. The maximum Gasteiger partial charge on any atom is 0.308 e. The number of carbonyl (C=O) groups is 1. The van der Waals surface area contributed by atoms with Crippen molar-refractivity contribution in [1.82, 2.24) is 0 Å². The standard InChI is InChI=1S/C16H24O4/c1-4-13(2)16(17)19-11-10-18-12-14(3)20-15-8-6-5-7-9-15/h5-9,13-14H,4,10-12H2,1-3H3. The van der Waals surface area contributed by atoms with Crippen LogP contribution in [0.15, 0.2) is 30.3 Å². The molecule has 0 fully saturated rings. The normalized spacial score (nSPS) is 13.6. The maximum atomic E-state index is 11.4. The van der Waals surface area contributed by atoms with Crippen molar-refractivity contribution in [2.45, 2.75) is 33.3 Å². The molecule has 0 heterocycles. The first-order valence-corrected chi connectivity index (χ1v) is 7.09. The SMILES string of the molecule is CCC(C)C(=O)OCCOCC(C)Oc1ccccc1. The van der Waals surface area contributed by atoms with E-state index in [0.717, 1.165) is 12.2 Å². The zero-order valence-electron chi connectivity index (χ0n) is 12.5. The van der Waals surface area contributed by atoms with Crippen molar-refractivity contribution < 1.29 is 19.0 Å². The Labute approximate surface area is 121 Å². The van der Waals surface area contributed by atoms with E-state index in [1.807, 2.05) is 51.1 Å². The molecule has 1 aromatic rings. The van der Waals surface area contributed by atoms with Crippen molar-refractivity contribution in [3.63, 3.8) is 0 Å². The van der Waals surface area contributed by atoms with Gasteiger partial charge in [0.15, 0.2) is 0 Å². The van der Waals surface area contributed by atoms with Gasteiger partial charge in [-0.3, -0.25) is 4.79 Å². The Bertz CT molecular complexity index is 377. The molecule has 20 heavy (non-hydrogen) atoms. The summed E-state index contributed by atoms with van der Waals surface area (Å²) in [4.78, 5) is 11.4. The second-order valence-electron chi connectivity index (χ2n) is 4.79. The summed E-state index contributed by atoms with van der Waals surface area (Å²) in [6.07, 6.45) is 0.754. The van der Waals surface area contributed by atoms with Gasteiger partial charge in [-0.2, -0.15) is 0 Å². The van der Waals surface area contributed by atoms with Gasteiger partial charge < -0.3 is 14.2 Å². The van der Waals surface area contributed by atoms with Crippen LogP contribution >= 0.6 is 0 Å². The highest BCUT2D eigenvalue weighted by molar-refractivity contribution is 5.71. The molecule has 0 spiro atoms. The van der Waals surface area contributed by atoms with E-state index in [1.54, 1.807) is 0 Å². The molecule has 0 N–H and O–H groups in total. The molecule has 0 aliphatic carbocycles. The Balaban J connectivity index is 2.08. The Morgan fingerprint density at radius 2 is 1.85 bits per heavy atom. The van der Waals surface area contributed by atoms with Crippen molar-refractivity contribution in [3.05, 3.63) is 30.3 Å². The van der Waals surface area contributed by atoms with Gasteiger partial charge in [-0.05, 0) is 25.5 Å². The van der Waals surface area contributed by atoms with Crippen LogP contribution in [-0.4, -0.2) is 31.9 Å². The molecule has 0 amide bonds. The highest BCUT2D eigenvalue weighted by Gasteiger charge is 2.11. The van der Waals surface area contributed by atoms with Crippen LogP contribution in [0, 0.1) is 5.92 Å². The van der Waals surface area contributed by atoms with Crippen LogP contribution in [0.4, 0.5) is 0 Å². The first-order valence-electron chi connectivity index (χ1n) is 7.09. The molecule has 112 valence electrons. The number of hydrogen-bond donors (Lipinski definition) is 0. The molecule has 4 nitrogen and oxygen atoms in total. The van der Waals surface area contributed by atoms with E-state index < -0.39 is 0 Å². The van der Waals surface area contributed by atoms with Gasteiger partial charge in [-0.15, -0.1) is 0 Å². The number of carbonyl (C=O) groups excluding carboxylic acids is 1. The van der Waals surface area contributed by atoms with Gasteiger partial charge in [0.25, 0.3) is 0 Å². The molecule has 1 rings (SSSR count). The number of hydrogen-bond acceptors (Lipinski definition) is 4. The lowest BCUT2D eigenvalue weighted by Crippen LogP contribution is -2.22. The van der Waals surface area contributed by atoms with Crippen LogP contribution < -0.4 is 4.74 Å². The Hall–Kier alpha value is -1.55. The third kappa shape index (κ3) is 6.57. The Kier molecular flexibility index (Phi) is 7.73. The topological polar surface area (TPSA) is 44.8 Å². The van der Waals surface area contributed by atoms with Crippen molar-refractivity contribution >= 4 is 5.97 Å². The fourth-order valence-corrected chi connectivity index (χ4v) is 1.52. The van der Waals surface area contributed by atoms with Gasteiger partial charge in [-0.25, -0.2) is 0 Å². The van der Waals surface area contributed by atoms with E-state index in [1.165, 1.54) is 0 Å². The summed E-state index contributed by atoms with van der Waals surface area (Å²) >= 11 is 0. The van der Waals surface area contributed by atoms with E-state index in [0.29, 0.717) is 19.8 Å². The van der Waals surface area contributed by atoms with Crippen LogP contribution in [-0.2, 0) is 14.3 Å². The Morgan fingerprint density at radius 3 is 2.50 bits per heavy atom. The molecule has 0 bridgehead atoms. The van der Waals surface area contributed by atoms with Gasteiger partial charge in [0.1, 0.15) is 18.5 Å². The van der Waals surface area contributed by atoms with E-state index in [9.17, 15) is 4.79 Å². The summed E-state index contributed by atoms with van der Waals surface area (Å²) in [6.45, 7) is 6.92. The molecule has 0 aliphatic rings. The molecule has 2 unspecified atom stereocenters. The van der Waals surface area contributed by atoms with Crippen LogP contribution in [0.3, 0.4) is 0 Å². The molecular weight excluding hydrogens is 256 g/mol. The minimum Gasteiger partial charge on any atom is -0.488 e. The first-order chi connectivity index (χ1) is 9.63. The van der Waals surface area contributed by atoms with E-state index in [4.69, 9.17) is 14.2 Å². The monoisotopic (exact) mass is 280 g/mol. The molecular formula is C16H24O4. The molecule has 1 aromatic carbocycles. The fourth-order valence-electron chi connectivity index (χ4n) is 1.52. The number of para-hydroxylation sites is 1. The zero-order chi connectivity index (χ0) is 14.8. The highest BCUT2D eigenvalue weighted by atomic mass is 16.6. The molecule has 0 saturated carbocycles. The first kappa shape index (κ1) is 16.5. The molecule has 2 atom stereocenters. The summed E-state index contributed by atoms with van der Waals surface area (Å²) in [5.74, 6) is 0.617. The third-order valence-electron chi connectivity index (χ3n) is 2.92. The van der Waals surface area contributed by atoms with Crippen molar-refractivity contribution in [2.24, 2.45) is 5.92 Å². The van der Waals surface area contributed by atoms with Crippen LogP contribution in [0.25, 0.3) is 0 Å².